The first-order valence-electron chi connectivity index (χ1n) is 5.80. The molecule has 1 aromatic rings. The maximum Gasteiger partial charge on any atom is 0.133 e. The molecule has 0 amide bonds. The topological polar surface area (TPSA) is 17.1 Å². The van der Waals surface area contributed by atoms with Gasteiger partial charge in [-0.05, 0) is 35.4 Å². The SMILES string of the molecule is CC(C)c1ccc2c(c1)CCC(=O)CC2. The van der Waals surface area contributed by atoms with Gasteiger partial charge in [0.2, 0.25) is 0 Å². The Morgan fingerprint density at radius 3 is 2.33 bits per heavy atom. The van der Waals surface area contributed by atoms with Gasteiger partial charge in [-0.2, -0.15) is 0 Å². The Morgan fingerprint density at radius 2 is 1.67 bits per heavy atom. The normalized spacial score (nSPS) is 16.3. The van der Waals surface area contributed by atoms with Gasteiger partial charge in [0.1, 0.15) is 5.78 Å². The van der Waals surface area contributed by atoms with Crippen LogP contribution in [0, 0.1) is 0 Å². The van der Waals surface area contributed by atoms with E-state index in [1.165, 1.54) is 16.7 Å². The fourth-order valence-corrected chi connectivity index (χ4v) is 2.15. The fourth-order valence-electron chi connectivity index (χ4n) is 2.15. The fraction of sp³-hybridized carbons (Fsp3) is 0.500. The third kappa shape index (κ3) is 2.28. The minimum Gasteiger partial charge on any atom is -0.300 e. The van der Waals surface area contributed by atoms with Crippen LogP contribution in [0.3, 0.4) is 0 Å². The van der Waals surface area contributed by atoms with E-state index in [0.717, 1.165) is 25.7 Å². The highest BCUT2D eigenvalue weighted by Gasteiger charge is 2.13. The van der Waals surface area contributed by atoms with Gasteiger partial charge in [-0.3, -0.25) is 4.79 Å². The van der Waals surface area contributed by atoms with Crippen molar-refractivity contribution in [2.45, 2.75) is 45.4 Å². The standard InChI is InChI=1S/C14H18O/c1-10(2)12-4-3-11-5-7-14(15)8-6-13(11)9-12/h3-4,9-10H,5-8H2,1-2H3. The Hall–Kier alpha value is -1.11. The molecule has 0 saturated carbocycles. The van der Waals surface area contributed by atoms with Crippen LogP contribution in [0.15, 0.2) is 18.2 Å². The molecule has 0 saturated heterocycles. The van der Waals surface area contributed by atoms with Gasteiger partial charge in [-0.1, -0.05) is 32.0 Å². The van der Waals surface area contributed by atoms with Gasteiger partial charge < -0.3 is 0 Å². The number of rotatable bonds is 1. The predicted octanol–water partition coefficient (Wildman–Crippen LogP) is 3.26. The molecule has 0 N–H and O–H groups in total. The number of aryl methyl sites for hydroxylation is 2. The van der Waals surface area contributed by atoms with E-state index in [2.05, 4.69) is 32.0 Å². The smallest absolute Gasteiger partial charge is 0.133 e. The molecule has 1 heteroatoms. The van der Waals surface area contributed by atoms with Gasteiger partial charge in [-0.15, -0.1) is 0 Å². The maximum atomic E-state index is 11.4. The third-order valence-corrected chi connectivity index (χ3v) is 3.24. The van der Waals surface area contributed by atoms with Gasteiger partial charge in [0, 0.05) is 12.8 Å². The second-order valence-corrected chi connectivity index (χ2v) is 4.72. The molecular weight excluding hydrogens is 184 g/mol. The van der Waals surface area contributed by atoms with Crippen molar-refractivity contribution in [2.24, 2.45) is 0 Å². The zero-order chi connectivity index (χ0) is 10.8. The van der Waals surface area contributed by atoms with Crippen LogP contribution in [-0.4, -0.2) is 5.78 Å². The highest BCUT2D eigenvalue weighted by atomic mass is 16.1. The highest BCUT2D eigenvalue weighted by molar-refractivity contribution is 5.79. The molecule has 0 atom stereocenters. The zero-order valence-electron chi connectivity index (χ0n) is 9.55. The van der Waals surface area contributed by atoms with Crippen molar-refractivity contribution in [3.8, 4) is 0 Å². The summed E-state index contributed by atoms with van der Waals surface area (Å²) in [6.45, 7) is 4.42. The minimum absolute atomic E-state index is 0.414. The van der Waals surface area contributed by atoms with E-state index < -0.39 is 0 Å². The van der Waals surface area contributed by atoms with Crippen molar-refractivity contribution in [3.63, 3.8) is 0 Å². The molecule has 80 valence electrons. The molecule has 1 aliphatic rings. The van der Waals surface area contributed by atoms with Crippen LogP contribution in [-0.2, 0) is 17.6 Å². The number of carbonyl (C=O) groups excluding carboxylic acids is 1. The second kappa shape index (κ2) is 4.18. The Bertz CT molecular complexity index is 377. The van der Waals surface area contributed by atoms with Gasteiger partial charge in [0.25, 0.3) is 0 Å². The first kappa shape index (κ1) is 10.4. The van der Waals surface area contributed by atoms with Gasteiger partial charge in [-0.25, -0.2) is 0 Å². The van der Waals surface area contributed by atoms with Crippen LogP contribution in [0.1, 0.15) is 49.3 Å². The zero-order valence-corrected chi connectivity index (χ0v) is 9.55. The number of hydrogen-bond acceptors (Lipinski definition) is 1. The third-order valence-electron chi connectivity index (χ3n) is 3.24. The molecule has 1 aromatic carbocycles. The lowest BCUT2D eigenvalue weighted by Crippen LogP contribution is -1.95. The summed E-state index contributed by atoms with van der Waals surface area (Å²) in [5, 5.41) is 0. The molecule has 2 rings (SSSR count). The van der Waals surface area contributed by atoms with Crippen molar-refractivity contribution < 1.29 is 4.79 Å². The minimum atomic E-state index is 0.414. The van der Waals surface area contributed by atoms with E-state index in [1.807, 2.05) is 0 Å². The lowest BCUT2D eigenvalue weighted by atomic mass is 9.95. The largest absolute Gasteiger partial charge is 0.300 e. The molecule has 0 radical (unpaired) electrons. The van der Waals surface area contributed by atoms with E-state index >= 15 is 0 Å². The van der Waals surface area contributed by atoms with E-state index in [9.17, 15) is 4.79 Å². The van der Waals surface area contributed by atoms with E-state index in [0.29, 0.717) is 11.7 Å². The Morgan fingerprint density at radius 1 is 1.00 bits per heavy atom. The Labute approximate surface area is 91.5 Å². The number of benzene rings is 1. The molecule has 0 aromatic heterocycles. The summed E-state index contributed by atoms with van der Waals surface area (Å²) in [5.41, 5.74) is 4.17. The molecular formula is C14H18O. The van der Waals surface area contributed by atoms with Crippen molar-refractivity contribution in [3.05, 3.63) is 34.9 Å². The summed E-state index contributed by atoms with van der Waals surface area (Å²) in [6.07, 6.45) is 3.34. The van der Waals surface area contributed by atoms with E-state index in [1.54, 1.807) is 0 Å². The quantitative estimate of drug-likeness (QED) is 0.639. The number of ketones is 1. The number of carbonyl (C=O) groups is 1. The highest BCUT2D eigenvalue weighted by Crippen LogP contribution is 2.23. The monoisotopic (exact) mass is 202 g/mol. The average molecular weight is 202 g/mol. The van der Waals surface area contributed by atoms with Crippen molar-refractivity contribution >= 4 is 5.78 Å². The molecule has 1 nitrogen and oxygen atoms in total. The molecule has 15 heavy (non-hydrogen) atoms. The van der Waals surface area contributed by atoms with Crippen molar-refractivity contribution in [2.75, 3.05) is 0 Å². The lowest BCUT2D eigenvalue weighted by Gasteiger charge is -2.10. The van der Waals surface area contributed by atoms with Gasteiger partial charge in [0.05, 0.1) is 0 Å². The van der Waals surface area contributed by atoms with E-state index in [-0.39, 0.29) is 0 Å². The van der Waals surface area contributed by atoms with Crippen LogP contribution < -0.4 is 0 Å². The van der Waals surface area contributed by atoms with Crippen LogP contribution in [0.2, 0.25) is 0 Å². The molecule has 0 fully saturated rings. The molecule has 0 spiro atoms. The summed E-state index contributed by atoms with van der Waals surface area (Å²) < 4.78 is 0. The van der Waals surface area contributed by atoms with Crippen LogP contribution in [0.4, 0.5) is 0 Å². The Kier molecular flexibility index (Phi) is 2.90. The molecule has 0 aliphatic heterocycles. The summed E-state index contributed by atoms with van der Waals surface area (Å²) >= 11 is 0. The van der Waals surface area contributed by atoms with Crippen molar-refractivity contribution in [1.29, 1.82) is 0 Å². The van der Waals surface area contributed by atoms with Crippen molar-refractivity contribution in [1.82, 2.24) is 0 Å². The Balaban J connectivity index is 2.32. The molecule has 0 unspecified atom stereocenters. The lowest BCUT2D eigenvalue weighted by molar-refractivity contribution is -0.118. The average Bonchev–Trinajstić information content (AvgIpc) is 2.40. The van der Waals surface area contributed by atoms with Crippen LogP contribution in [0.5, 0.6) is 0 Å². The maximum absolute atomic E-state index is 11.4. The summed E-state index contributed by atoms with van der Waals surface area (Å²) in [5.74, 6) is 0.992. The van der Waals surface area contributed by atoms with Crippen LogP contribution >= 0.6 is 0 Å². The second-order valence-electron chi connectivity index (χ2n) is 4.72. The molecule has 1 aliphatic carbocycles. The first-order chi connectivity index (χ1) is 7.16. The van der Waals surface area contributed by atoms with Gasteiger partial charge >= 0.3 is 0 Å². The van der Waals surface area contributed by atoms with Gasteiger partial charge in [0.15, 0.2) is 0 Å². The van der Waals surface area contributed by atoms with Crippen LogP contribution in [0.25, 0.3) is 0 Å². The molecule has 0 heterocycles. The summed E-state index contributed by atoms with van der Waals surface area (Å²) in [7, 11) is 0. The predicted molar refractivity (Wildman–Crippen MR) is 62.2 cm³/mol. The molecule has 0 bridgehead atoms. The summed E-state index contributed by atoms with van der Waals surface area (Å²) in [4.78, 5) is 11.4. The number of fused-ring (bicyclic) bond motifs is 1. The first-order valence-corrected chi connectivity index (χ1v) is 5.80. The number of hydrogen-bond donors (Lipinski definition) is 0. The summed E-state index contributed by atoms with van der Waals surface area (Å²) in [6, 6.07) is 6.71. The number of Topliss-reactive ketones (excluding diaryl/α,β-unsaturated/α-hetero) is 1. The van der Waals surface area contributed by atoms with E-state index in [4.69, 9.17) is 0 Å².